The molecule has 176 valence electrons. The third-order valence-corrected chi connectivity index (χ3v) is 7.25. The minimum absolute atomic E-state index is 0.0269. The summed E-state index contributed by atoms with van der Waals surface area (Å²) in [7, 11) is 1.87. The van der Waals surface area contributed by atoms with Gasteiger partial charge in [-0.2, -0.15) is 0 Å². The number of halogens is 2. The summed E-state index contributed by atoms with van der Waals surface area (Å²) < 4.78 is 0. The van der Waals surface area contributed by atoms with Crippen molar-refractivity contribution in [2.75, 3.05) is 33.2 Å². The van der Waals surface area contributed by atoms with Crippen LogP contribution in [0.15, 0.2) is 84.9 Å². The Labute approximate surface area is 212 Å². The highest BCUT2D eigenvalue weighted by Crippen LogP contribution is 2.30. The van der Waals surface area contributed by atoms with E-state index in [1.54, 1.807) is 0 Å². The molecule has 1 aliphatic heterocycles. The first-order valence-electron chi connectivity index (χ1n) is 11.7. The van der Waals surface area contributed by atoms with E-state index < -0.39 is 0 Å². The van der Waals surface area contributed by atoms with Crippen molar-refractivity contribution in [1.82, 2.24) is 9.80 Å². The fraction of sp³-hybridized carbons (Fsp3) is 0.276. The first-order chi connectivity index (χ1) is 16.5. The van der Waals surface area contributed by atoms with Gasteiger partial charge in [0.1, 0.15) is 0 Å². The first kappa shape index (κ1) is 24.5. The van der Waals surface area contributed by atoms with Crippen molar-refractivity contribution in [2.24, 2.45) is 0 Å². The molecule has 5 heteroatoms. The van der Waals surface area contributed by atoms with Gasteiger partial charge in [0.05, 0.1) is 10.0 Å². The maximum absolute atomic E-state index is 13.0. The Kier molecular flexibility index (Phi) is 8.44. The van der Waals surface area contributed by atoms with Crippen LogP contribution in [-0.2, 0) is 0 Å². The molecular formula is C29H30Cl2N2O. The van der Waals surface area contributed by atoms with Gasteiger partial charge < -0.3 is 4.90 Å². The van der Waals surface area contributed by atoms with E-state index >= 15 is 0 Å². The molecule has 0 aliphatic carbocycles. The topological polar surface area (TPSA) is 23.6 Å². The van der Waals surface area contributed by atoms with Gasteiger partial charge in [0.25, 0.3) is 5.91 Å². The molecule has 1 amide bonds. The number of rotatable bonds is 8. The van der Waals surface area contributed by atoms with Crippen LogP contribution in [0.25, 0.3) is 5.57 Å². The molecule has 0 spiro atoms. The van der Waals surface area contributed by atoms with Gasteiger partial charge in [-0.15, -0.1) is 0 Å². The van der Waals surface area contributed by atoms with Gasteiger partial charge >= 0.3 is 0 Å². The van der Waals surface area contributed by atoms with Gasteiger partial charge in [-0.05, 0) is 60.4 Å². The largest absolute Gasteiger partial charge is 0.341 e. The van der Waals surface area contributed by atoms with E-state index in [2.05, 4.69) is 41.3 Å². The third kappa shape index (κ3) is 6.29. The minimum atomic E-state index is 0.0269. The quantitative estimate of drug-likeness (QED) is 0.336. The highest BCUT2D eigenvalue weighted by Gasteiger charge is 2.21. The van der Waals surface area contributed by atoms with E-state index in [1.165, 1.54) is 11.1 Å². The Hall–Kier alpha value is -2.59. The molecule has 0 aromatic heterocycles. The zero-order valence-corrected chi connectivity index (χ0v) is 21.0. The number of hydrogen-bond donors (Lipinski definition) is 0. The Balaban J connectivity index is 1.44. The lowest BCUT2D eigenvalue weighted by atomic mass is 9.93. The predicted molar refractivity (Wildman–Crippen MR) is 143 cm³/mol. The van der Waals surface area contributed by atoms with Crippen molar-refractivity contribution in [3.8, 4) is 0 Å². The van der Waals surface area contributed by atoms with Crippen LogP contribution in [0.4, 0.5) is 0 Å². The number of amides is 1. The standard InChI is InChI=1S/C29H30Cl2N2O/c1-32(29(34)24-10-6-3-7-11-24)21-26(25-12-13-27(30)28(31)20-25)16-19-33-17-14-23(15-18-33)22-8-4-2-5-9-22/h2-14,20,26H,15-19,21H2,1H3. The second-order valence-electron chi connectivity index (χ2n) is 8.86. The smallest absolute Gasteiger partial charge is 0.253 e. The summed E-state index contributed by atoms with van der Waals surface area (Å²) in [6.07, 6.45) is 4.32. The monoisotopic (exact) mass is 492 g/mol. The number of carbonyl (C=O) groups is 1. The van der Waals surface area contributed by atoms with Gasteiger partial charge in [0.2, 0.25) is 0 Å². The molecule has 0 saturated carbocycles. The highest BCUT2D eigenvalue weighted by atomic mass is 35.5. The minimum Gasteiger partial charge on any atom is -0.341 e. The van der Waals surface area contributed by atoms with Crippen LogP contribution < -0.4 is 0 Å². The number of carbonyl (C=O) groups excluding carboxylic acids is 1. The number of benzene rings is 3. The lowest BCUT2D eigenvalue weighted by molar-refractivity contribution is 0.0783. The van der Waals surface area contributed by atoms with E-state index in [0.29, 0.717) is 22.2 Å². The summed E-state index contributed by atoms with van der Waals surface area (Å²) in [5, 5.41) is 1.10. The zero-order chi connectivity index (χ0) is 23.9. The molecule has 0 saturated heterocycles. The fourth-order valence-corrected chi connectivity index (χ4v) is 4.82. The molecule has 3 aromatic rings. The summed E-state index contributed by atoms with van der Waals surface area (Å²) >= 11 is 12.5. The summed E-state index contributed by atoms with van der Waals surface area (Å²) in [4.78, 5) is 17.3. The number of hydrogen-bond acceptors (Lipinski definition) is 2. The molecule has 34 heavy (non-hydrogen) atoms. The van der Waals surface area contributed by atoms with E-state index in [0.717, 1.165) is 38.0 Å². The Morgan fingerprint density at radius 1 is 0.971 bits per heavy atom. The first-order valence-corrected chi connectivity index (χ1v) is 12.5. The van der Waals surface area contributed by atoms with Crippen LogP contribution in [-0.4, -0.2) is 48.9 Å². The van der Waals surface area contributed by atoms with Crippen LogP contribution in [0.2, 0.25) is 10.0 Å². The van der Waals surface area contributed by atoms with Gasteiger partial charge in [0, 0.05) is 38.2 Å². The SMILES string of the molecule is CN(CC(CCN1CC=C(c2ccccc2)CC1)c1ccc(Cl)c(Cl)c1)C(=O)c1ccccc1. The maximum Gasteiger partial charge on any atom is 0.253 e. The van der Waals surface area contributed by atoms with Crippen LogP contribution >= 0.6 is 23.2 Å². The molecule has 4 rings (SSSR count). The Bertz CT molecular complexity index is 1130. The second-order valence-corrected chi connectivity index (χ2v) is 9.67. The van der Waals surface area contributed by atoms with Crippen molar-refractivity contribution < 1.29 is 4.79 Å². The van der Waals surface area contributed by atoms with E-state index in [1.807, 2.05) is 60.5 Å². The summed E-state index contributed by atoms with van der Waals surface area (Å²) in [6.45, 7) is 3.55. The fourth-order valence-electron chi connectivity index (χ4n) is 4.51. The van der Waals surface area contributed by atoms with Gasteiger partial charge in [-0.1, -0.05) is 83.9 Å². The normalized spacial score (nSPS) is 15.0. The van der Waals surface area contributed by atoms with Crippen molar-refractivity contribution in [3.05, 3.63) is 112 Å². The molecular weight excluding hydrogens is 463 g/mol. The predicted octanol–water partition coefficient (Wildman–Crippen LogP) is 7.03. The molecule has 3 nitrogen and oxygen atoms in total. The molecule has 3 aromatic carbocycles. The number of likely N-dealkylation sites (N-methyl/N-ethyl adjacent to an activating group) is 1. The second kappa shape index (κ2) is 11.7. The van der Waals surface area contributed by atoms with E-state index in [4.69, 9.17) is 23.2 Å². The average molecular weight is 493 g/mol. The Morgan fingerprint density at radius 2 is 1.68 bits per heavy atom. The molecule has 1 heterocycles. The highest BCUT2D eigenvalue weighted by molar-refractivity contribution is 6.42. The van der Waals surface area contributed by atoms with Crippen molar-refractivity contribution in [1.29, 1.82) is 0 Å². The number of nitrogens with zero attached hydrogens (tertiary/aromatic N) is 2. The molecule has 0 radical (unpaired) electrons. The van der Waals surface area contributed by atoms with Crippen molar-refractivity contribution in [2.45, 2.75) is 18.8 Å². The summed E-state index contributed by atoms with van der Waals surface area (Å²) in [5.41, 5.74) is 4.55. The molecule has 0 N–H and O–H groups in total. The summed E-state index contributed by atoms with van der Waals surface area (Å²) in [5.74, 6) is 0.186. The van der Waals surface area contributed by atoms with Crippen molar-refractivity contribution >= 4 is 34.7 Å². The molecule has 0 fully saturated rings. The zero-order valence-electron chi connectivity index (χ0n) is 19.5. The molecule has 1 aliphatic rings. The van der Waals surface area contributed by atoms with Gasteiger partial charge in [-0.25, -0.2) is 0 Å². The Morgan fingerprint density at radius 3 is 2.32 bits per heavy atom. The lowest BCUT2D eigenvalue weighted by Gasteiger charge is -2.30. The molecule has 1 atom stereocenters. The molecule has 1 unspecified atom stereocenters. The van der Waals surface area contributed by atoms with Crippen LogP contribution in [0.1, 0.15) is 40.2 Å². The molecule has 0 bridgehead atoms. The van der Waals surface area contributed by atoms with Crippen LogP contribution in [0.3, 0.4) is 0 Å². The van der Waals surface area contributed by atoms with E-state index in [9.17, 15) is 4.79 Å². The van der Waals surface area contributed by atoms with Gasteiger partial charge in [-0.3, -0.25) is 9.69 Å². The van der Waals surface area contributed by atoms with E-state index in [-0.39, 0.29) is 11.8 Å². The average Bonchev–Trinajstić information content (AvgIpc) is 2.89. The maximum atomic E-state index is 13.0. The van der Waals surface area contributed by atoms with Crippen LogP contribution in [0, 0.1) is 0 Å². The summed E-state index contributed by atoms with van der Waals surface area (Å²) in [6, 6.07) is 25.9. The lowest BCUT2D eigenvalue weighted by Crippen LogP contribution is -2.34. The van der Waals surface area contributed by atoms with Gasteiger partial charge in [0.15, 0.2) is 0 Å². The van der Waals surface area contributed by atoms with Crippen LogP contribution in [0.5, 0.6) is 0 Å². The van der Waals surface area contributed by atoms with Crippen molar-refractivity contribution in [3.63, 3.8) is 0 Å². The third-order valence-electron chi connectivity index (χ3n) is 6.51.